The molecular formula is C60H62N10O10S. The summed E-state index contributed by atoms with van der Waals surface area (Å²) in [7, 11) is 1.68. The highest BCUT2D eigenvalue weighted by Gasteiger charge is 2.66. The fourth-order valence-electron chi connectivity index (χ4n) is 13.9. The number of rotatable bonds is 20. The molecule has 418 valence electrons. The summed E-state index contributed by atoms with van der Waals surface area (Å²) in [4.78, 5) is 103. The Morgan fingerprint density at radius 3 is 2.36 bits per heavy atom. The molecule has 5 N–H and O–H groups in total. The Morgan fingerprint density at radius 1 is 0.827 bits per heavy atom. The van der Waals surface area contributed by atoms with E-state index in [-0.39, 0.29) is 72.2 Å². The number of ether oxygens (including phenoxy) is 2. The van der Waals surface area contributed by atoms with Crippen molar-refractivity contribution in [3.8, 4) is 22.5 Å². The number of aromatic nitrogens is 5. The van der Waals surface area contributed by atoms with Gasteiger partial charge in [0, 0.05) is 86.1 Å². The smallest absolute Gasteiger partial charge is 0.409 e. The first-order valence-electron chi connectivity index (χ1n) is 27.0. The molecule has 6 amide bonds. The maximum atomic E-state index is 13.6. The molecule has 3 aromatic carbocycles. The lowest BCUT2D eigenvalue weighted by Crippen LogP contribution is -2.64. The second-order valence-corrected chi connectivity index (χ2v) is 24.1. The Balaban J connectivity index is 0.694. The van der Waals surface area contributed by atoms with Gasteiger partial charge in [-0.2, -0.15) is 5.10 Å². The number of aromatic amines is 1. The van der Waals surface area contributed by atoms with E-state index in [0.29, 0.717) is 69.7 Å². The molecule has 20 nitrogen and oxygen atoms in total. The van der Waals surface area contributed by atoms with E-state index < -0.39 is 29.5 Å². The minimum absolute atomic E-state index is 0.00558. The summed E-state index contributed by atoms with van der Waals surface area (Å²) in [5.41, 5.74) is 5.31. The number of carboxylic acids is 1. The number of carbonyl (C=O) groups is 7. The van der Waals surface area contributed by atoms with E-state index in [9.17, 15) is 38.7 Å². The van der Waals surface area contributed by atoms with Gasteiger partial charge in [-0.3, -0.25) is 38.9 Å². The molecule has 5 aliphatic rings. The average Bonchev–Trinajstić information content (AvgIpc) is 3.23. The van der Waals surface area contributed by atoms with Gasteiger partial charge in [0.1, 0.15) is 6.61 Å². The van der Waals surface area contributed by atoms with Gasteiger partial charge in [0.05, 0.1) is 51.1 Å². The summed E-state index contributed by atoms with van der Waals surface area (Å²) in [5, 5.41) is 25.1. The van der Waals surface area contributed by atoms with E-state index >= 15 is 0 Å². The van der Waals surface area contributed by atoms with Gasteiger partial charge in [-0.25, -0.2) is 19.6 Å². The number of imide groups is 1. The maximum absolute atomic E-state index is 13.6. The van der Waals surface area contributed by atoms with Crippen molar-refractivity contribution in [2.45, 2.75) is 90.9 Å². The fraction of sp³-hybridized carbons (Fsp3) is 0.367. The van der Waals surface area contributed by atoms with E-state index in [1.165, 1.54) is 16.2 Å². The number of thiazole rings is 1. The number of amides is 6. The molecule has 0 radical (unpaired) electrons. The predicted octanol–water partition coefficient (Wildman–Crippen LogP) is 9.13. The van der Waals surface area contributed by atoms with Crippen molar-refractivity contribution in [3.05, 3.63) is 126 Å². The molecule has 5 heterocycles. The van der Waals surface area contributed by atoms with Gasteiger partial charge in [0.15, 0.2) is 10.8 Å². The molecule has 7 aromatic rings. The van der Waals surface area contributed by atoms with Crippen LogP contribution in [-0.2, 0) is 41.8 Å². The van der Waals surface area contributed by atoms with Crippen LogP contribution < -0.4 is 16.0 Å². The number of pyridine rings is 1. The first kappa shape index (κ1) is 54.4. The van der Waals surface area contributed by atoms with Gasteiger partial charge in [0.2, 0.25) is 11.8 Å². The highest BCUT2D eigenvalue weighted by molar-refractivity contribution is 7.22. The molecule has 0 spiro atoms. The second kappa shape index (κ2) is 21.5. The zero-order valence-electron chi connectivity index (χ0n) is 45.4. The van der Waals surface area contributed by atoms with Crippen LogP contribution in [0.5, 0.6) is 0 Å². The van der Waals surface area contributed by atoms with Crippen molar-refractivity contribution >= 4 is 84.9 Å². The first-order valence-corrected chi connectivity index (χ1v) is 27.8. The van der Waals surface area contributed by atoms with Gasteiger partial charge in [0.25, 0.3) is 17.7 Å². The summed E-state index contributed by atoms with van der Waals surface area (Å²) >= 11 is 1.39. The maximum Gasteiger partial charge on any atom is 0.409 e. The van der Waals surface area contributed by atoms with Crippen molar-refractivity contribution in [1.29, 1.82) is 0 Å². The highest BCUT2D eigenvalue weighted by atomic mass is 32.1. The Kier molecular flexibility index (Phi) is 14.4. The SMILES string of the molecule is Cc1c(-c2ccc(-c3cc4cccc(C(=O)Nc5nc6ccccc6s5)c4[nH]3)nc2C(=O)O)cnn1CC12CC3(C)CC(C)(C1)CC(OCCN(C)C(=O)OCc1cccc(NC(=O)CCNC(=O)CCN4C(=O)C=CC4=O)c1)(C3)C2. The van der Waals surface area contributed by atoms with Crippen LogP contribution in [0.4, 0.5) is 15.6 Å². The molecule has 0 saturated heterocycles. The third kappa shape index (κ3) is 11.5. The summed E-state index contributed by atoms with van der Waals surface area (Å²) < 4.78 is 15.6. The molecule has 21 heteroatoms. The largest absolute Gasteiger partial charge is 0.476 e. The average molecular weight is 1120 g/mol. The van der Waals surface area contributed by atoms with Crippen LogP contribution in [0.15, 0.2) is 103 Å². The van der Waals surface area contributed by atoms with Crippen molar-refractivity contribution in [3.63, 3.8) is 0 Å². The molecule has 12 rings (SSSR count). The Bertz CT molecular complexity index is 3660. The van der Waals surface area contributed by atoms with E-state index in [2.05, 4.69) is 39.8 Å². The second-order valence-electron chi connectivity index (χ2n) is 23.0. The minimum Gasteiger partial charge on any atom is -0.476 e. The zero-order chi connectivity index (χ0) is 56.8. The number of nitrogens with one attached hydrogen (secondary N) is 4. The van der Waals surface area contributed by atoms with Gasteiger partial charge in [-0.15, -0.1) is 0 Å². The third-order valence-electron chi connectivity index (χ3n) is 16.2. The van der Waals surface area contributed by atoms with Gasteiger partial charge in [-0.1, -0.05) is 61.6 Å². The molecule has 2 atom stereocenters. The number of carboxylic acid groups (broad SMARTS) is 1. The number of likely N-dealkylation sites (N-methyl/N-ethyl adjacent to an activating group) is 1. The van der Waals surface area contributed by atoms with Crippen LogP contribution in [0.25, 0.3) is 43.6 Å². The number of aromatic carboxylic acids is 1. The third-order valence-corrected chi connectivity index (χ3v) is 17.1. The van der Waals surface area contributed by atoms with Gasteiger partial charge in [-0.05, 0) is 116 Å². The summed E-state index contributed by atoms with van der Waals surface area (Å²) in [5.74, 6) is -3.15. The lowest BCUT2D eigenvalue weighted by Gasteiger charge is -2.69. The quantitative estimate of drug-likeness (QED) is 0.0447. The number of H-pyrrole nitrogens is 1. The van der Waals surface area contributed by atoms with Crippen molar-refractivity contribution in [1.82, 2.24) is 39.8 Å². The van der Waals surface area contributed by atoms with Crippen LogP contribution in [0.2, 0.25) is 0 Å². The van der Waals surface area contributed by atoms with Crippen LogP contribution in [-0.4, -0.2) is 120 Å². The van der Waals surface area contributed by atoms with E-state index in [1.807, 2.05) is 48.0 Å². The molecule has 4 saturated carbocycles. The van der Waals surface area contributed by atoms with Crippen LogP contribution in [0.1, 0.15) is 97.3 Å². The lowest BCUT2D eigenvalue weighted by molar-refractivity contribution is -0.248. The summed E-state index contributed by atoms with van der Waals surface area (Å²) in [6, 6.07) is 25.5. The lowest BCUT2D eigenvalue weighted by atomic mass is 9.39. The Hall–Kier alpha value is -8.56. The molecule has 81 heavy (non-hydrogen) atoms. The Morgan fingerprint density at radius 2 is 1.59 bits per heavy atom. The number of hydrogen-bond donors (Lipinski definition) is 5. The monoisotopic (exact) mass is 1110 g/mol. The predicted molar refractivity (Wildman–Crippen MR) is 303 cm³/mol. The zero-order valence-corrected chi connectivity index (χ0v) is 46.2. The molecule has 1 aliphatic heterocycles. The normalized spacial score (nSPS) is 21.7. The van der Waals surface area contributed by atoms with E-state index in [0.717, 1.165) is 76.9 Å². The molecule has 2 unspecified atom stereocenters. The molecule has 4 bridgehead atoms. The molecule has 4 fully saturated rings. The standard InChI is InChI=1S/C60H62N10O10S/c1-36-42(40-15-16-43(64-52(40)54(76)77)45-26-38-10-8-12-41(51(38)65-45)53(75)67-55-66-44-13-5-6-14-46(44)81-55)27-62-70(36)35-59-30-57(2)29-58(3,31-59)33-60(32-57,34-59)80-24-23-68(4)56(78)79-28-37-9-7-11-39(25-37)63-48(72)19-21-61-47(71)20-22-69-49(73)17-18-50(69)74/h5-18,25-27,65H,19-24,28-35H2,1-4H3,(H,61,71)(H,63,72)(H,76,77)(H,66,67,75). The molecule has 4 aliphatic carbocycles. The first-order chi connectivity index (χ1) is 38.8. The molecular weight excluding hydrogens is 1050 g/mol. The highest BCUT2D eigenvalue weighted by Crippen LogP contribution is 2.72. The number of benzene rings is 3. The minimum atomic E-state index is -1.18. The Labute approximate surface area is 470 Å². The van der Waals surface area contributed by atoms with Crippen LogP contribution in [0.3, 0.4) is 0 Å². The topological polar surface area (TPSA) is 260 Å². The van der Waals surface area contributed by atoms with Gasteiger partial charge >= 0.3 is 12.1 Å². The molecule has 4 aromatic heterocycles. The van der Waals surface area contributed by atoms with E-state index in [1.54, 1.807) is 61.8 Å². The van der Waals surface area contributed by atoms with Crippen molar-refractivity contribution in [2.75, 3.05) is 43.9 Å². The number of hydrogen-bond acceptors (Lipinski definition) is 13. The fourth-order valence-corrected chi connectivity index (χ4v) is 14.7. The number of fused-ring (bicyclic) bond motifs is 2. The van der Waals surface area contributed by atoms with Crippen molar-refractivity contribution in [2.24, 2.45) is 16.2 Å². The van der Waals surface area contributed by atoms with Crippen molar-refractivity contribution < 1.29 is 48.1 Å². The number of anilines is 2. The summed E-state index contributed by atoms with van der Waals surface area (Å²) in [6.45, 7) is 7.97. The van der Waals surface area contributed by atoms with E-state index in [4.69, 9.17) is 19.6 Å². The van der Waals surface area contributed by atoms with Crippen LogP contribution in [0, 0.1) is 23.2 Å². The number of carbonyl (C=O) groups excluding carboxylic acids is 6. The number of nitrogens with zero attached hydrogens (tertiary/aromatic N) is 6. The van der Waals surface area contributed by atoms with Crippen LogP contribution >= 0.6 is 11.3 Å². The van der Waals surface area contributed by atoms with Gasteiger partial charge < -0.3 is 35.1 Å². The number of para-hydroxylation sites is 2. The summed E-state index contributed by atoms with van der Waals surface area (Å²) in [6.07, 6.45) is 9.20.